The van der Waals surface area contributed by atoms with Gasteiger partial charge >= 0.3 is 11.9 Å². The summed E-state index contributed by atoms with van der Waals surface area (Å²) in [6, 6.07) is 0. The first-order valence-corrected chi connectivity index (χ1v) is 12.3. The Morgan fingerprint density at radius 2 is 1.25 bits per heavy atom. The van der Waals surface area contributed by atoms with E-state index in [-0.39, 0.29) is 11.9 Å². The molecule has 6 heteroatoms. The quantitative estimate of drug-likeness (QED) is 0.147. The Hall–Kier alpha value is -0.360. The highest BCUT2D eigenvalue weighted by Crippen LogP contribution is 2.43. The average molecular weight is 381 g/mol. The molecular weight excluding hydrogens is 344 g/mol. The smallest absolute Gasteiger partial charge is 0.318 e. The molecule has 0 fully saturated rings. The first-order valence-electron chi connectivity index (χ1n) is 9.49. The Bertz CT molecular complexity index is 324. The van der Waals surface area contributed by atoms with Gasteiger partial charge in [0.15, 0.2) is 0 Å². The van der Waals surface area contributed by atoms with E-state index in [1.807, 2.05) is 0 Å². The summed E-state index contributed by atoms with van der Waals surface area (Å²) in [5.74, 6) is 0.329. The lowest BCUT2D eigenvalue weighted by Gasteiger charge is -2.18. The van der Waals surface area contributed by atoms with E-state index < -0.39 is 10.2 Å². The number of rotatable bonds is 16. The summed E-state index contributed by atoms with van der Waals surface area (Å²) in [4.78, 5) is 22.7. The second-order valence-corrected chi connectivity index (χ2v) is 9.22. The molecule has 0 rings (SSSR count). The van der Waals surface area contributed by atoms with E-state index >= 15 is 0 Å². The molecule has 0 aliphatic rings. The van der Waals surface area contributed by atoms with Gasteiger partial charge in [-0.25, -0.2) is 0 Å². The van der Waals surface area contributed by atoms with Crippen LogP contribution in [0.4, 0.5) is 0 Å². The summed E-state index contributed by atoms with van der Waals surface area (Å²) < 4.78 is 10.5. The van der Waals surface area contributed by atoms with Crippen LogP contribution >= 0.6 is 21.3 Å². The molecule has 0 heterocycles. The largest absolute Gasteiger partial charge is 0.405 e. The van der Waals surface area contributed by atoms with Gasteiger partial charge in [0, 0.05) is 18.6 Å². The fourth-order valence-corrected chi connectivity index (χ4v) is 4.92. The molecule has 0 aromatic heterocycles. The third kappa shape index (κ3) is 15.2. The number of hydrogen-bond acceptors (Lipinski definition) is 5. The first kappa shape index (κ1) is 23.6. The lowest BCUT2D eigenvalue weighted by Crippen LogP contribution is -2.03. The van der Waals surface area contributed by atoms with Gasteiger partial charge in [-0.1, -0.05) is 78.6 Å². The number of carbonyl (C=O) groups is 2. The highest BCUT2D eigenvalue weighted by Gasteiger charge is 2.13. The van der Waals surface area contributed by atoms with Gasteiger partial charge in [-0.15, -0.1) is 0 Å². The van der Waals surface area contributed by atoms with E-state index in [9.17, 15) is 9.59 Å². The van der Waals surface area contributed by atoms with Crippen LogP contribution < -0.4 is 0 Å². The fraction of sp³-hybridized carbons (Fsp3) is 0.889. The summed E-state index contributed by atoms with van der Waals surface area (Å²) in [6.45, 7) is 5.78. The summed E-state index contributed by atoms with van der Waals surface area (Å²) in [6.07, 6.45) is 13.5. The molecule has 0 bridgehead atoms. The minimum atomic E-state index is -1.05. The van der Waals surface area contributed by atoms with Crippen LogP contribution in [-0.4, -0.2) is 17.7 Å². The van der Waals surface area contributed by atoms with Gasteiger partial charge in [0.1, 0.15) is 11.1 Å². The van der Waals surface area contributed by atoms with Gasteiger partial charge in [-0.2, -0.15) is 0 Å². The van der Waals surface area contributed by atoms with Crippen molar-refractivity contribution in [2.45, 2.75) is 97.8 Å². The van der Waals surface area contributed by atoms with Gasteiger partial charge in [0.05, 0.1) is 0 Å². The number of thiol groups is 1. The number of carbonyl (C=O) groups excluding carboxylic acids is 2. The number of unbranched alkanes of at least 4 members (excludes halogenated alkanes) is 9. The Morgan fingerprint density at radius 3 is 1.75 bits per heavy atom. The molecule has 0 spiro atoms. The molecule has 144 valence electrons. The molecule has 24 heavy (non-hydrogen) atoms. The molecule has 0 saturated carbocycles. The van der Waals surface area contributed by atoms with Crippen LogP contribution in [0.25, 0.3) is 0 Å². The standard InChI is InChI=1S/C18H36O4S2/c1-4-7-8-9-10-11-12-13-14-15-16-24(22-18(20)6-3)23-21-17(19)5-2/h24H,4-16H2,1-3H3. The monoisotopic (exact) mass is 380 g/mol. The molecule has 0 saturated heterocycles. The zero-order valence-electron chi connectivity index (χ0n) is 15.7. The maximum atomic E-state index is 11.5. The van der Waals surface area contributed by atoms with Crippen molar-refractivity contribution < 1.29 is 18.0 Å². The molecule has 0 aliphatic carbocycles. The molecule has 0 amide bonds. The third-order valence-electron chi connectivity index (χ3n) is 3.69. The van der Waals surface area contributed by atoms with Crippen molar-refractivity contribution in [2.24, 2.45) is 0 Å². The highest BCUT2D eigenvalue weighted by atomic mass is 33.1. The highest BCUT2D eigenvalue weighted by molar-refractivity contribution is 8.81. The van der Waals surface area contributed by atoms with Crippen molar-refractivity contribution in [2.75, 3.05) is 5.75 Å². The van der Waals surface area contributed by atoms with E-state index in [4.69, 9.17) is 8.37 Å². The van der Waals surface area contributed by atoms with Crippen molar-refractivity contribution >= 4 is 33.2 Å². The van der Waals surface area contributed by atoms with Gasteiger partial charge in [-0.3, -0.25) is 9.59 Å². The molecule has 0 aromatic carbocycles. The minimum absolute atomic E-state index is 0.215. The lowest BCUT2D eigenvalue weighted by molar-refractivity contribution is -0.134. The molecule has 4 nitrogen and oxygen atoms in total. The Balaban J connectivity index is 3.73. The fourth-order valence-electron chi connectivity index (χ4n) is 2.15. The maximum Gasteiger partial charge on any atom is 0.318 e. The second kappa shape index (κ2) is 17.5. The average Bonchev–Trinajstić information content (AvgIpc) is 2.60. The Morgan fingerprint density at radius 1 is 0.750 bits per heavy atom. The maximum absolute atomic E-state index is 11.5. The van der Waals surface area contributed by atoms with E-state index in [0.717, 1.165) is 29.7 Å². The van der Waals surface area contributed by atoms with Crippen LogP contribution in [0.5, 0.6) is 0 Å². The zero-order valence-corrected chi connectivity index (χ0v) is 17.4. The van der Waals surface area contributed by atoms with Gasteiger partial charge in [0.2, 0.25) is 0 Å². The van der Waals surface area contributed by atoms with Crippen molar-refractivity contribution in [3.05, 3.63) is 0 Å². The predicted molar refractivity (Wildman–Crippen MR) is 106 cm³/mol. The van der Waals surface area contributed by atoms with Crippen LogP contribution in [-0.2, 0) is 18.0 Å². The normalized spacial score (nSPS) is 12.7. The number of hydrogen-bond donors (Lipinski definition) is 1. The zero-order chi connectivity index (χ0) is 18.0. The third-order valence-corrected chi connectivity index (χ3v) is 6.70. The van der Waals surface area contributed by atoms with E-state index in [1.165, 1.54) is 51.4 Å². The van der Waals surface area contributed by atoms with Crippen LogP contribution in [0.1, 0.15) is 97.8 Å². The van der Waals surface area contributed by atoms with E-state index in [2.05, 4.69) is 6.92 Å². The first-order chi connectivity index (χ1) is 11.6. The van der Waals surface area contributed by atoms with Gasteiger partial charge in [-0.05, 0) is 16.6 Å². The van der Waals surface area contributed by atoms with Crippen LogP contribution in [0.2, 0.25) is 0 Å². The molecule has 1 atom stereocenters. The molecular formula is C18H36O4S2. The van der Waals surface area contributed by atoms with E-state index in [1.54, 1.807) is 13.8 Å². The van der Waals surface area contributed by atoms with Crippen LogP contribution in [0.3, 0.4) is 0 Å². The molecule has 0 radical (unpaired) electrons. The summed E-state index contributed by atoms with van der Waals surface area (Å²) >= 11 is 1.05. The lowest BCUT2D eigenvalue weighted by atomic mass is 10.1. The predicted octanol–water partition coefficient (Wildman–Crippen LogP) is 6.29. The van der Waals surface area contributed by atoms with Crippen LogP contribution in [0, 0.1) is 0 Å². The topological polar surface area (TPSA) is 52.6 Å². The molecule has 0 N–H and O–H groups in total. The van der Waals surface area contributed by atoms with Crippen molar-refractivity contribution in [1.29, 1.82) is 0 Å². The summed E-state index contributed by atoms with van der Waals surface area (Å²) in [7, 11) is -1.05. The molecule has 1 unspecified atom stereocenters. The van der Waals surface area contributed by atoms with Crippen molar-refractivity contribution in [3.63, 3.8) is 0 Å². The van der Waals surface area contributed by atoms with Gasteiger partial charge < -0.3 is 8.37 Å². The van der Waals surface area contributed by atoms with Crippen LogP contribution in [0.15, 0.2) is 0 Å². The molecule has 0 aromatic rings. The Kier molecular flexibility index (Phi) is 17.2. The minimum Gasteiger partial charge on any atom is -0.405 e. The summed E-state index contributed by atoms with van der Waals surface area (Å²) in [5, 5.41) is 0. The van der Waals surface area contributed by atoms with Crippen molar-refractivity contribution in [3.8, 4) is 0 Å². The Labute approximate surface area is 155 Å². The van der Waals surface area contributed by atoms with Crippen molar-refractivity contribution in [1.82, 2.24) is 0 Å². The van der Waals surface area contributed by atoms with Gasteiger partial charge in [0.25, 0.3) is 0 Å². The second-order valence-electron chi connectivity index (χ2n) is 5.94. The summed E-state index contributed by atoms with van der Waals surface area (Å²) in [5.41, 5.74) is 0. The molecule has 0 aliphatic heterocycles. The SMILES string of the molecule is CCCCCCCCCCCC[SH](OC(=O)CC)SOC(=O)CC. The van der Waals surface area contributed by atoms with E-state index in [0.29, 0.717) is 12.8 Å².